The predicted octanol–water partition coefficient (Wildman–Crippen LogP) is 2.37. The molecule has 1 nitrogen and oxygen atoms in total. The molecule has 3 rings (SSSR count). The minimum atomic E-state index is 0.899. The van der Waals surface area contributed by atoms with Gasteiger partial charge in [0.15, 0.2) is 0 Å². The monoisotopic (exact) mass is 167 g/mol. The molecule has 0 saturated carbocycles. The molecule has 12 heavy (non-hydrogen) atoms. The molecule has 0 aromatic heterocycles. The third kappa shape index (κ3) is 1.66. The summed E-state index contributed by atoms with van der Waals surface area (Å²) in [6, 6.07) is 0. The van der Waals surface area contributed by atoms with Gasteiger partial charge in [-0.25, -0.2) is 0 Å². The van der Waals surface area contributed by atoms with E-state index in [2.05, 4.69) is 18.7 Å². The Bertz CT molecular complexity index is 143. The maximum Gasteiger partial charge on any atom is 0.00124 e. The molecule has 0 N–H and O–H groups in total. The molecule has 0 amide bonds. The van der Waals surface area contributed by atoms with Crippen molar-refractivity contribution >= 4 is 0 Å². The second kappa shape index (κ2) is 3.37. The fraction of sp³-hybridized carbons (Fsp3) is 1.00. The van der Waals surface area contributed by atoms with E-state index in [1.54, 1.807) is 0 Å². The van der Waals surface area contributed by atoms with Crippen LogP contribution in [0.3, 0.4) is 0 Å². The van der Waals surface area contributed by atoms with Gasteiger partial charge in [-0.05, 0) is 50.1 Å². The number of rotatable bonds is 2. The van der Waals surface area contributed by atoms with Crippen LogP contribution in [-0.4, -0.2) is 24.5 Å². The van der Waals surface area contributed by atoms with Gasteiger partial charge in [-0.1, -0.05) is 13.8 Å². The van der Waals surface area contributed by atoms with Gasteiger partial charge in [0.25, 0.3) is 0 Å². The minimum Gasteiger partial charge on any atom is -0.303 e. The quantitative estimate of drug-likeness (QED) is 0.610. The summed E-state index contributed by atoms with van der Waals surface area (Å²) in [6.07, 6.45) is 4.43. The van der Waals surface area contributed by atoms with Gasteiger partial charge in [0.05, 0.1) is 0 Å². The van der Waals surface area contributed by atoms with E-state index in [4.69, 9.17) is 0 Å². The zero-order valence-corrected chi connectivity index (χ0v) is 8.42. The summed E-state index contributed by atoms with van der Waals surface area (Å²) in [6.45, 7) is 8.90. The fourth-order valence-electron chi connectivity index (χ4n) is 2.96. The van der Waals surface area contributed by atoms with Crippen molar-refractivity contribution in [2.75, 3.05) is 19.6 Å². The summed E-state index contributed by atoms with van der Waals surface area (Å²) < 4.78 is 0. The molecule has 0 spiro atoms. The van der Waals surface area contributed by atoms with Crippen molar-refractivity contribution in [3.63, 3.8) is 0 Å². The van der Waals surface area contributed by atoms with E-state index in [1.807, 2.05) is 0 Å². The lowest BCUT2D eigenvalue weighted by Crippen LogP contribution is -2.47. The third-order valence-electron chi connectivity index (χ3n) is 3.57. The highest BCUT2D eigenvalue weighted by atomic mass is 15.1. The van der Waals surface area contributed by atoms with E-state index < -0.39 is 0 Å². The topological polar surface area (TPSA) is 3.24 Å². The highest BCUT2D eigenvalue weighted by molar-refractivity contribution is 4.86. The van der Waals surface area contributed by atoms with Crippen molar-refractivity contribution < 1.29 is 0 Å². The van der Waals surface area contributed by atoms with Crippen LogP contribution in [0.2, 0.25) is 0 Å². The van der Waals surface area contributed by atoms with Crippen LogP contribution in [0.25, 0.3) is 0 Å². The van der Waals surface area contributed by atoms with Crippen molar-refractivity contribution in [3.8, 4) is 0 Å². The maximum absolute atomic E-state index is 2.66. The molecule has 0 aromatic rings. The Morgan fingerprint density at radius 1 is 1.25 bits per heavy atom. The van der Waals surface area contributed by atoms with Crippen molar-refractivity contribution in [1.82, 2.24) is 4.90 Å². The highest BCUT2D eigenvalue weighted by Crippen LogP contribution is 2.35. The Morgan fingerprint density at radius 2 is 1.92 bits per heavy atom. The van der Waals surface area contributed by atoms with Crippen LogP contribution in [0.1, 0.15) is 33.1 Å². The van der Waals surface area contributed by atoms with Gasteiger partial charge in [0.2, 0.25) is 0 Å². The van der Waals surface area contributed by atoms with Crippen molar-refractivity contribution in [2.45, 2.75) is 33.1 Å². The lowest BCUT2D eigenvalue weighted by molar-refractivity contribution is 0.0406. The number of hydrogen-bond acceptors (Lipinski definition) is 1. The predicted molar refractivity (Wildman–Crippen MR) is 52.1 cm³/mol. The molecule has 1 atom stereocenters. The van der Waals surface area contributed by atoms with E-state index in [0.717, 1.165) is 17.8 Å². The molecule has 3 aliphatic heterocycles. The second-order valence-corrected chi connectivity index (χ2v) is 5.03. The Hall–Kier alpha value is -0.0400. The van der Waals surface area contributed by atoms with Gasteiger partial charge >= 0.3 is 0 Å². The molecule has 0 aromatic carbocycles. The van der Waals surface area contributed by atoms with Crippen molar-refractivity contribution in [1.29, 1.82) is 0 Å². The average Bonchev–Trinajstić information content (AvgIpc) is 2.05. The van der Waals surface area contributed by atoms with E-state index in [-0.39, 0.29) is 0 Å². The van der Waals surface area contributed by atoms with Gasteiger partial charge in [-0.3, -0.25) is 0 Å². The lowest BCUT2D eigenvalue weighted by Gasteiger charge is -2.45. The van der Waals surface area contributed by atoms with E-state index in [1.165, 1.54) is 38.9 Å². The first-order valence-corrected chi connectivity index (χ1v) is 5.48. The standard InChI is InChI=1S/C11H21N/c1-9(2)7-11-8-12-5-3-10(11)4-6-12/h9-11H,3-8H2,1-2H3/t11-/m0/s1. The normalized spacial score (nSPS) is 40.8. The van der Waals surface area contributed by atoms with E-state index in [0.29, 0.717) is 0 Å². The molecular formula is C11H21N. The number of fused-ring (bicyclic) bond motifs is 3. The number of nitrogens with zero attached hydrogens (tertiary/aromatic N) is 1. The first-order valence-electron chi connectivity index (χ1n) is 5.48. The molecule has 0 unspecified atom stereocenters. The second-order valence-electron chi connectivity index (χ2n) is 5.03. The molecule has 3 heterocycles. The Kier molecular flexibility index (Phi) is 2.40. The SMILES string of the molecule is CC(C)C[C@H]1CN2CCC1CC2. The first-order chi connectivity index (χ1) is 5.75. The molecule has 0 aliphatic carbocycles. The highest BCUT2D eigenvalue weighted by Gasteiger charge is 2.33. The van der Waals surface area contributed by atoms with Crippen LogP contribution in [0.5, 0.6) is 0 Å². The fourth-order valence-corrected chi connectivity index (χ4v) is 2.96. The zero-order chi connectivity index (χ0) is 8.55. The maximum atomic E-state index is 2.66. The van der Waals surface area contributed by atoms with Gasteiger partial charge in [-0.15, -0.1) is 0 Å². The largest absolute Gasteiger partial charge is 0.303 e. The molecule has 3 aliphatic rings. The van der Waals surface area contributed by atoms with Crippen molar-refractivity contribution in [3.05, 3.63) is 0 Å². The Morgan fingerprint density at radius 3 is 2.33 bits per heavy atom. The molecule has 3 fully saturated rings. The number of piperidine rings is 3. The summed E-state index contributed by atoms with van der Waals surface area (Å²) in [7, 11) is 0. The minimum absolute atomic E-state index is 0.899. The molecule has 0 radical (unpaired) electrons. The molecule has 70 valence electrons. The van der Waals surface area contributed by atoms with Crippen molar-refractivity contribution in [2.24, 2.45) is 17.8 Å². The summed E-state index contributed by atoms with van der Waals surface area (Å²) in [4.78, 5) is 2.66. The van der Waals surface area contributed by atoms with Crippen LogP contribution in [0.4, 0.5) is 0 Å². The zero-order valence-electron chi connectivity index (χ0n) is 8.42. The van der Waals surface area contributed by atoms with Gasteiger partial charge in [0, 0.05) is 6.54 Å². The van der Waals surface area contributed by atoms with Crippen LogP contribution in [0, 0.1) is 17.8 Å². The smallest absolute Gasteiger partial charge is 0.00124 e. The van der Waals surface area contributed by atoms with Crippen LogP contribution in [-0.2, 0) is 0 Å². The number of hydrogen-bond donors (Lipinski definition) is 0. The molecular weight excluding hydrogens is 146 g/mol. The molecule has 2 bridgehead atoms. The van der Waals surface area contributed by atoms with Gasteiger partial charge in [-0.2, -0.15) is 0 Å². The Balaban J connectivity index is 1.91. The van der Waals surface area contributed by atoms with E-state index >= 15 is 0 Å². The average molecular weight is 167 g/mol. The third-order valence-corrected chi connectivity index (χ3v) is 3.57. The summed E-state index contributed by atoms with van der Waals surface area (Å²) in [5, 5.41) is 0. The van der Waals surface area contributed by atoms with Crippen LogP contribution in [0.15, 0.2) is 0 Å². The first kappa shape index (κ1) is 8.55. The van der Waals surface area contributed by atoms with Gasteiger partial charge < -0.3 is 4.90 Å². The van der Waals surface area contributed by atoms with Crippen LogP contribution >= 0.6 is 0 Å². The summed E-state index contributed by atoms with van der Waals surface area (Å²) in [5.74, 6) is 3.01. The van der Waals surface area contributed by atoms with Crippen LogP contribution < -0.4 is 0 Å². The Labute approximate surface area is 76.1 Å². The van der Waals surface area contributed by atoms with Gasteiger partial charge in [0.1, 0.15) is 0 Å². The summed E-state index contributed by atoms with van der Waals surface area (Å²) >= 11 is 0. The molecule has 1 heteroatoms. The lowest BCUT2D eigenvalue weighted by atomic mass is 9.75. The summed E-state index contributed by atoms with van der Waals surface area (Å²) in [5.41, 5.74) is 0. The molecule has 3 saturated heterocycles. The van der Waals surface area contributed by atoms with E-state index in [9.17, 15) is 0 Å².